The highest BCUT2D eigenvalue weighted by atomic mass is 16.5. The highest BCUT2D eigenvalue weighted by Crippen LogP contribution is 2.16. The first-order valence-corrected chi connectivity index (χ1v) is 4.49. The van der Waals surface area contributed by atoms with Gasteiger partial charge in [-0.1, -0.05) is 18.2 Å². The zero-order valence-corrected chi connectivity index (χ0v) is 8.43. The molecule has 0 aromatic heterocycles. The summed E-state index contributed by atoms with van der Waals surface area (Å²) >= 11 is 0. The van der Waals surface area contributed by atoms with Gasteiger partial charge in [0, 0.05) is 24.4 Å². The number of hydrogen-bond acceptors (Lipinski definition) is 3. The Kier molecular flexibility index (Phi) is 4.22. The van der Waals surface area contributed by atoms with E-state index in [1.165, 1.54) is 6.20 Å². The standard InChI is InChI=1S/C11H13NO3/c1-15-10-5-3-2-4-9(10)8-12-7-6-11(13)14/h2-7,12H,8H2,1H3,(H,13,14)/b7-6+. The van der Waals surface area contributed by atoms with E-state index in [1.807, 2.05) is 24.3 Å². The summed E-state index contributed by atoms with van der Waals surface area (Å²) in [5.41, 5.74) is 0.982. The predicted molar refractivity (Wildman–Crippen MR) is 56.6 cm³/mol. The fraction of sp³-hybridized carbons (Fsp3) is 0.182. The smallest absolute Gasteiger partial charge is 0.329 e. The lowest BCUT2D eigenvalue weighted by Crippen LogP contribution is -2.06. The van der Waals surface area contributed by atoms with Gasteiger partial charge in [0.15, 0.2) is 0 Å². The largest absolute Gasteiger partial charge is 0.496 e. The third-order valence-corrected chi connectivity index (χ3v) is 1.83. The second-order valence-electron chi connectivity index (χ2n) is 2.86. The van der Waals surface area contributed by atoms with Crippen LogP contribution in [-0.2, 0) is 11.3 Å². The van der Waals surface area contributed by atoms with Crippen molar-refractivity contribution in [2.45, 2.75) is 6.54 Å². The van der Waals surface area contributed by atoms with Crippen molar-refractivity contribution >= 4 is 5.97 Å². The van der Waals surface area contributed by atoms with E-state index in [9.17, 15) is 4.79 Å². The van der Waals surface area contributed by atoms with E-state index in [0.717, 1.165) is 17.4 Å². The van der Waals surface area contributed by atoms with Crippen LogP contribution in [0, 0.1) is 0 Å². The first-order valence-electron chi connectivity index (χ1n) is 4.49. The van der Waals surface area contributed by atoms with E-state index >= 15 is 0 Å². The lowest BCUT2D eigenvalue weighted by Gasteiger charge is -2.07. The summed E-state index contributed by atoms with van der Waals surface area (Å²) in [6.45, 7) is 0.536. The summed E-state index contributed by atoms with van der Waals surface area (Å²) in [5.74, 6) is -0.184. The molecular formula is C11H13NO3. The zero-order chi connectivity index (χ0) is 11.1. The second kappa shape index (κ2) is 5.70. The normalized spacial score (nSPS) is 10.2. The molecule has 1 aromatic rings. The molecule has 4 nitrogen and oxygen atoms in total. The van der Waals surface area contributed by atoms with Crippen LogP contribution in [-0.4, -0.2) is 18.2 Å². The molecule has 4 heteroatoms. The minimum atomic E-state index is -0.970. The van der Waals surface area contributed by atoms with Gasteiger partial charge in [-0.2, -0.15) is 0 Å². The average molecular weight is 207 g/mol. The van der Waals surface area contributed by atoms with E-state index in [-0.39, 0.29) is 0 Å². The SMILES string of the molecule is COc1ccccc1CN/C=C/C(=O)O. The van der Waals surface area contributed by atoms with Gasteiger partial charge >= 0.3 is 5.97 Å². The predicted octanol–water partition coefficient (Wildman–Crippen LogP) is 1.38. The van der Waals surface area contributed by atoms with Crippen LogP contribution >= 0.6 is 0 Å². The number of ether oxygens (including phenoxy) is 1. The van der Waals surface area contributed by atoms with Gasteiger partial charge in [-0.15, -0.1) is 0 Å². The number of methoxy groups -OCH3 is 1. The highest BCUT2D eigenvalue weighted by Gasteiger charge is 1.98. The quantitative estimate of drug-likeness (QED) is 0.716. The van der Waals surface area contributed by atoms with E-state index in [1.54, 1.807) is 7.11 Å². The van der Waals surface area contributed by atoms with Crippen LogP contribution in [0.5, 0.6) is 5.75 Å². The van der Waals surface area contributed by atoms with Crippen molar-refractivity contribution < 1.29 is 14.6 Å². The number of rotatable bonds is 5. The molecule has 80 valence electrons. The van der Waals surface area contributed by atoms with Gasteiger partial charge in [0.05, 0.1) is 7.11 Å². The van der Waals surface area contributed by atoms with Crippen LogP contribution in [0.15, 0.2) is 36.5 Å². The molecule has 0 aliphatic rings. The maximum absolute atomic E-state index is 10.2. The Bertz CT molecular complexity index is 361. The van der Waals surface area contributed by atoms with Crippen LogP contribution in [0.1, 0.15) is 5.56 Å². The molecule has 0 saturated heterocycles. The van der Waals surface area contributed by atoms with Crippen LogP contribution < -0.4 is 10.1 Å². The summed E-state index contributed by atoms with van der Waals surface area (Å²) in [6, 6.07) is 7.56. The van der Waals surface area contributed by atoms with Crippen molar-refractivity contribution in [3.05, 3.63) is 42.1 Å². The first kappa shape index (κ1) is 11.1. The van der Waals surface area contributed by atoms with Gasteiger partial charge in [-0.25, -0.2) is 4.79 Å². The molecule has 15 heavy (non-hydrogen) atoms. The number of carboxylic acid groups (broad SMARTS) is 1. The molecule has 0 bridgehead atoms. The van der Waals surface area contributed by atoms with E-state index < -0.39 is 5.97 Å². The number of carboxylic acids is 1. The Balaban J connectivity index is 2.53. The molecule has 0 amide bonds. The Hall–Kier alpha value is -1.97. The number of benzene rings is 1. The van der Waals surface area contributed by atoms with Gasteiger partial charge < -0.3 is 15.2 Å². The highest BCUT2D eigenvalue weighted by molar-refractivity contribution is 5.79. The van der Waals surface area contributed by atoms with Crippen LogP contribution in [0.2, 0.25) is 0 Å². The molecule has 0 saturated carbocycles. The van der Waals surface area contributed by atoms with Crippen LogP contribution in [0.25, 0.3) is 0 Å². The number of hydrogen-bond donors (Lipinski definition) is 2. The van der Waals surface area contributed by atoms with Crippen molar-refractivity contribution in [2.24, 2.45) is 0 Å². The van der Waals surface area contributed by atoms with Crippen molar-refractivity contribution in [1.82, 2.24) is 5.32 Å². The van der Waals surface area contributed by atoms with Crippen LogP contribution in [0.4, 0.5) is 0 Å². The third kappa shape index (κ3) is 3.72. The van der Waals surface area contributed by atoms with E-state index in [2.05, 4.69) is 5.32 Å². The topological polar surface area (TPSA) is 58.6 Å². The molecule has 0 fully saturated rings. The maximum Gasteiger partial charge on any atom is 0.329 e. The van der Waals surface area contributed by atoms with Crippen molar-refractivity contribution in [2.75, 3.05) is 7.11 Å². The lowest BCUT2D eigenvalue weighted by molar-refractivity contribution is -0.131. The van der Waals surface area contributed by atoms with Crippen LogP contribution in [0.3, 0.4) is 0 Å². The lowest BCUT2D eigenvalue weighted by atomic mass is 10.2. The molecule has 0 atom stereocenters. The molecule has 0 spiro atoms. The Morgan fingerprint density at radius 1 is 1.53 bits per heavy atom. The number of nitrogens with one attached hydrogen (secondary N) is 1. The van der Waals surface area contributed by atoms with Crippen molar-refractivity contribution in [3.63, 3.8) is 0 Å². The number of aliphatic carboxylic acids is 1. The zero-order valence-electron chi connectivity index (χ0n) is 8.43. The van der Waals surface area contributed by atoms with Gasteiger partial charge in [0.1, 0.15) is 5.75 Å². The fourth-order valence-corrected chi connectivity index (χ4v) is 1.15. The van der Waals surface area contributed by atoms with Crippen molar-refractivity contribution in [1.29, 1.82) is 0 Å². The van der Waals surface area contributed by atoms with E-state index in [4.69, 9.17) is 9.84 Å². The average Bonchev–Trinajstić information content (AvgIpc) is 2.24. The molecule has 0 heterocycles. The molecule has 2 N–H and O–H groups in total. The fourth-order valence-electron chi connectivity index (χ4n) is 1.15. The summed E-state index contributed by atoms with van der Waals surface area (Å²) in [6.07, 6.45) is 2.45. The molecule has 0 aliphatic heterocycles. The summed E-state index contributed by atoms with van der Waals surface area (Å²) in [7, 11) is 1.60. The van der Waals surface area contributed by atoms with E-state index in [0.29, 0.717) is 6.54 Å². The minimum absolute atomic E-state index is 0.536. The molecule has 1 rings (SSSR count). The minimum Gasteiger partial charge on any atom is -0.496 e. The molecule has 0 radical (unpaired) electrons. The van der Waals surface area contributed by atoms with Gasteiger partial charge in [0.25, 0.3) is 0 Å². The molecule has 1 aromatic carbocycles. The van der Waals surface area contributed by atoms with Gasteiger partial charge in [-0.05, 0) is 6.07 Å². The summed E-state index contributed by atoms with van der Waals surface area (Å²) in [4.78, 5) is 10.2. The summed E-state index contributed by atoms with van der Waals surface area (Å²) < 4.78 is 5.14. The van der Waals surface area contributed by atoms with Gasteiger partial charge in [0.2, 0.25) is 0 Å². The molecule has 0 unspecified atom stereocenters. The third-order valence-electron chi connectivity index (χ3n) is 1.83. The summed E-state index contributed by atoms with van der Waals surface area (Å²) in [5, 5.41) is 11.2. The number of carbonyl (C=O) groups is 1. The maximum atomic E-state index is 10.2. The Labute approximate surface area is 88.2 Å². The Morgan fingerprint density at radius 3 is 2.93 bits per heavy atom. The number of para-hydroxylation sites is 1. The Morgan fingerprint density at radius 2 is 2.27 bits per heavy atom. The first-order chi connectivity index (χ1) is 7.24. The molecular weight excluding hydrogens is 194 g/mol. The van der Waals surface area contributed by atoms with Crippen molar-refractivity contribution in [3.8, 4) is 5.75 Å². The monoisotopic (exact) mass is 207 g/mol. The second-order valence-corrected chi connectivity index (χ2v) is 2.86. The molecule has 0 aliphatic carbocycles. The van der Waals surface area contributed by atoms with Gasteiger partial charge in [-0.3, -0.25) is 0 Å².